The number of aromatic nitrogens is 1. The summed E-state index contributed by atoms with van der Waals surface area (Å²) in [6.45, 7) is 3.83. The SMILES string of the molecule is Cc1cccc(-c2oc(=O)[nH]c2C)c1. The average Bonchev–Trinajstić information content (AvgIpc) is 2.45. The van der Waals surface area contributed by atoms with Crippen molar-refractivity contribution in [1.29, 1.82) is 0 Å². The normalized spacial score (nSPS) is 10.4. The van der Waals surface area contributed by atoms with Crippen molar-refractivity contribution in [2.24, 2.45) is 0 Å². The van der Waals surface area contributed by atoms with E-state index in [-0.39, 0.29) is 0 Å². The molecule has 14 heavy (non-hydrogen) atoms. The zero-order chi connectivity index (χ0) is 10.1. The first-order valence-corrected chi connectivity index (χ1v) is 4.43. The topological polar surface area (TPSA) is 46.0 Å². The van der Waals surface area contributed by atoms with Crippen LogP contribution in [-0.4, -0.2) is 4.98 Å². The molecule has 0 fully saturated rings. The predicted molar refractivity (Wildman–Crippen MR) is 54.2 cm³/mol. The summed E-state index contributed by atoms with van der Waals surface area (Å²) in [5, 5.41) is 0. The first-order valence-electron chi connectivity index (χ1n) is 4.43. The van der Waals surface area contributed by atoms with E-state index in [0.29, 0.717) is 5.76 Å². The van der Waals surface area contributed by atoms with Crippen LogP contribution >= 0.6 is 0 Å². The van der Waals surface area contributed by atoms with E-state index in [2.05, 4.69) is 4.98 Å². The molecule has 1 aromatic heterocycles. The van der Waals surface area contributed by atoms with Gasteiger partial charge in [-0.3, -0.25) is 4.98 Å². The third-order valence-electron chi connectivity index (χ3n) is 2.11. The fourth-order valence-electron chi connectivity index (χ4n) is 1.47. The molecule has 0 aliphatic heterocycles. The van der Waals surface area contributed by atoms with Crippen molar-refractivity contribution in [2.45, 2.75) is 13.8 Å². The number of aryl methyl sites for hydroxylation is 2. The van der Waals surface area contributed by atoms with Crippen molar-refractivity contribution in [3.8, 4) is 11.3 Å². The minimum Gasteiger partial charge on any atom is -0.408 e. The molecule has 0 atom stereocenters. The highest BCUT2D eigenvalue weighted by Crippen LogP contribution is 2.21. The van der Waals surface area contributed by atoms with Gasteiger partial charge in [-0.25, -0.2) is 4.79 Å². The molecule has 3 heteroatoms. The van der Waals surface area contributed by atoms with Crippen molar-refractivity contribution in [3.05, 3.63) is 46.1 Å². The van der Waals surface area contributed by atoms with Crippen molar-refractivity contribution in [3.63, 3.8) is 0 Å². The maximum atomic E-state index is 10.9. The molecular formula is C11H11NO2. The smallest absolute Gasteiger partial charge is 0.408 e. The van der Waals surface area contributed by atoms with Crippen LogP contribution < -0.4 is 5.76 Å². The van der Waals surface area contributed by atoms with Crippen LogP contribution in [0.25, 0.3) is 11.3 Å². The molecule has 2 aromatic rings. The molecule has 0 aliphatic rings. The quantitative estimate of drug-likeness (QED) is 0.747. The summed E-state index contributed by atoms with van der Waals surface area (Å²) < 4.78 is 5.04. The lowest BCUT2D eigenvalue weighted by Gasteiger charge is -1.98. The monoisotopic (exact) mass is 189 g/mol. The second-order valence-corrected chi connectivity index (χ2v) is 3.34. The number of rotatable bonds is 1. The minimum atomic E-state index is -0.404. The fraction of sp³-hybridized carbons (Fsp3) is 0.182. The summed E-state index contributed by atoms with van der Waals surface area (Å²) in [5.41, 5.74) is 2.84. The van der Waals surface area contributed by atoms with Gasteiger partial charge >= 0.3 is 5.76 Å². The van der Waals surface area contributed by atoms with Crippen molar-refractivity contribution < 1.29 is 4.42 Å². The van der Waals surface area contributed by atoms with Crippen LogP contribution in [0.2, 0.25) is 0 Å². The Morgan fingerprint density at radius 2 is 2.07 bits per heavy atom. The Balaban J connectivity index is 2.59. The Labute approximate surface area is 81.4 Å². The third-order valence-corrected chi connectivity index (χ3v) is 2.11. The second-order valence-electron chi connectivity index (χ2n) is 3.34. The number of aromatic amines is 1. The van der Waals surface area contributed by atoms with E-state index < -0.39 is 5.76 Å². The first-order chi connectivity index (χ1) is 6.66. The molecule has 3 nitrogen and oxygen atoms in total. The van der Waals surface area contributed by atoms with E-state index in [9.17, 15) is 4.79 Å². The molecule has 2 rings (SSSR count). The lowest BCUT2D eigenvalue weighted by atomic mass is 10.1. The van der Waals surface area contributed by atoms with Crippen LogP contribution in [0.4, 0.5) is 0 Å². The van der Waals surface area contributed by atoms with E-state index >= 15 is 0 Å². The van der Waals surface area contributed by atoms with Crippen LogP contribution in [0, 0.1) is 13.8 Å². The third kappa shape index (κ3) is 1.48. The van der Waals surface area contributed by atoms with Gasteiger partial charge in [-0.05, 0) is 19.9 Å². The van der Waals surface area contributed by atoms with Crippen LogP contribution in [0.3, 0.4) is 0 Å². The number of H-pyrrole nitrogens is 1. The van der Waals surface area contributed by atoms with Crippen LogP contribution in [0.1, 0.15) is 11.3 Å². The molecule has 0 saturated heterocycles. The van der Waals surface area contributed by atoms with Crippen LogP contribution in [0.15, 0.2) is 33.5 Å². The molecular weight excluding hydrogens is 178 g/mol. The molecule has 0 spiro atoms. The lowest BCUT2D eigenvalue weighted by molar-refractivity contribution is 0.528. The molecule has 1 heterocycles. The highest BCUT2D eigenvalue weighted by Gasteiger charge is 2.07. The van der Waals surface area contributed by atoms with E-state index in [0.717, 1.165) is 16.8 Å². The highest BCUT2D eigenvalue weighted by atomic mass is 16.4. The van der Waals surface area contributed by atoms with E-state index in [4.69, 9.17) is 4.42 Å². The maximum Gasteiger partial charge on any atom is 0.417 e. The Morgan fingerprint density at radius 3 is 2.64 bits per heavy atom. The number of hydrogen-bond acceptors (Lipinski definition) is 2. The highest BCUT2D eigenvalue weighted by molar-refractivity contribution is 5.60. The Morgan fingerprint density at radius 1 is 1.29 bits per heavy atom. The van der Waals surface area contributed by atoms with Gasteiger partial charge in [0, 0.05) is 5.56 Å². The molecule has 0 radical (unpaired) electrons. The molecule has 0 aliphatic carbocycles. The van der Waals surface area contributed by atoms with Crippen LogP contribution in [-0.2, 0) is 0 Å². The standard InChI is InChI=1S/C11H11NO2/c1-7-4-3-5-9(6-7)10-8(2)12-11(13)14-10/h3-6H,1-2H3,(H,12,13). The van der Waals surface area contributed by atoms with Gasteiger partial charge in [0.25, 0.3) is 0 Å². The maximum absolute atomic E-state index is 10.9. The van der Waals surface area contributed by atoms with E-state index in [1.54, 1.807) is 0 Å². The predicted octanol–water partition coefficient (Wildman–Crippen LogP) is 2.25. The van der Waals surface area contributed by atoms with Gasteiger partial charge in [0.1, 0.15) is 0 Å². The van der Waals surface area contributed by atoms with Gasteiger partial charge < -0.3 is 4.42 Å². The van der Waals surface area contributed by atoms with Gasteiger partial charge in [0.2, 0.25) is 0 Å². The van der Waals surface area contributed by atoms with E-state index in [1.807, 2.05) is 38.1 Å². The Bertz CT molecular complexity index is 508. The molecule has 1 N–H and O–H groups in total. The largest absolute Gasteiger partial charge is 0.417 e. The van der Waals surface area contributed by atoms with Gasteiger partial charge in [0.15, 0.2) is 5.76 Å². The number of oxazole rings is 1. The van der Waals surface area contributed by atoms with Gasteiger partial charge in [-0.1, -0.05) is 23.8 Å². The summed E-state index contributed by atoms with van der Waals surface area (Å²) in [7, 11) is 0. The van der Waals surface area contributed by atoms with Crippen LogP contribution in [0.5, 0.6) is 0 Å². The van der Waals surface area contributed by atoms with E-state index in [1.165, 1.54) is 0 Å². The Hall–Kier alpha value is -1.77. The summed E-state index contributed by atoms with van der Waals surface area (Å²) in [6, 6.07) is 7.85. The number of hydrogen-bond donors (Lipinski definition) is 1. The first kappa shape index (κ1) is 8.81. The van der Waals surface area contributed by atoms with Gasteiger partial charge in [-0.2, -0.15) is 0 Å². The molecule has 0 saturated carbocycles. The average molecular weight is 189 g/mol. The lowest BCUT2D eigenvalue weighted by Crippen LogP contribution is -1.94. The summed E-state index contributed by atoms with van der Waals surface area (Å²) >= 11 is 0. The van der Waals surface area contributed by atoms with Crippen molar-refractivity contribution in [2.75, 3.05) is 0 Å². The number of benzene rings is 1. The summed E-state index contributed by atoms with van der Waals surface area (Å²) in [4.78, 5) is 13.6. The number of nitrogens with one attached hydrogen (secondary N) is 1. The second kappa shape index (κ2) is 3.18. The minimum absolute atomic E-state index is 0.404. The summed E-state index contributed by atoms with van der Waals surface area (Å²) in [5.74, 6) is 0.220. The Kier molecular flexibility index (Phi) is 2.00. The zero-order valence-electron chi connectivity index (χ0n) is 8.13. The molecule has 1 aromatic carbocycles. The molecule has 0 bridgehead atoms. The van der Waals surface area contributed by atoms with Gasteiger partial charge in [-0.15, -0.1) is 0 Å². The fourth-order valence-corrected chi connectivity index (χ4v) is 1.47. The van der Waals surface area contributed by atoms with Crippen molar-refractivity contribution in [1.82, 2.24) is 4.98 Å². The van der Waals surface area contributed by atoms with Crippen molar-refractivity contribution >= 4 is 0 Å². The molecule has 72 valence electrons. The van der Waals surface area contributed by atoms with Gasteiger partial charge in [0.05, 0.1) is 5.69 Å². The molecule has 0 unspecified atom stereocenters. The molecule has 0 amide bonds. The zero-order valence-corrected chi connectivity index (χ0v) is 8.13. The summed E-state index contributed by atoms with van der Waals surface area (Å²) in [6.07, 6.45) is 0.